The Hall–Kier alpha value is -4.65. The van der Waals surface area contributed by atoms with Crippen LogP contribution in [-0.2, 0) is 33.7 Å². The summed E-state index contributed by atoms with van der Waals surface area (Å²) >= 11 is 0. The summed E-state index contributed by atoms with van der Waals surface area (Å²) in [7, 11) is 0. The van der Waals surface area contributed by atoms with Gasteiger partial charge in [-0.3, -0.25) is 15.0 Å². The number of rotatable bonds is 17. The fourth-order valence-electron chi connectivity index (χ4n) is 6.84. The summed E-state index contributed by atoms with van der Waals surface area (Å²) in [6.07, 6.45) is 0.334. The third-order valence-corrected chi connectivity index (χ3v) is 10.1. The van der Waals surface area contributed by atoms with Crippen molar-refractivity contribution in [3.8, 4) is 0 Å². The zero-order valence-corrected chi connectivity index (χ0v) is 32.2. The molecule has 11 nitrogen and oxygen atoms in total. The first-order valence-electron chi connectivity index (χ1n) is 19.2. The lowest BCUT2D eigenvalue weighted by atomic mass is 9.88. The first kappa shape index (κ1) is 41.5. The molecule has 0 saturated carbocycles. The maximum absolute atomic E-state index is 13.0. The lowest BCUT2D eigenvalue weighted by Crippen LogP contribution is -2.50. The van der Waals surface area contributed by atoms with Crippen LogP contribution in [0.1, 0.15) is 48.9 Å². The molecule has 0 aromatic heterocycles. The van der Waals surface area contributed by atoms with Crippen molar-refractivity contribution < 1.29 is 29.0 Å². The van der Waals surface area contributed by atoms with Gasteiger partial charge in [0.25, 0.3) is 5.69 Å². The van der Waals surface area contributed by atoms with Gasteiger partial charge in [0.1, 0.15) is 6.10 Å². The highest BCUT2D eigenvalue weighted by molar-refractivity contribution is 5.68. The summed E-state index contributed by atoms with van der Waals surface area (Å²) in [6.45, 7) is 11.2. The highest BCUT2D eigenvalue weighted by atomic mass is 16.7. The third-order valence-electron chi connectivity index (χ3n) is 10.1. The van der Waals surface area contributed by atoms with E-state index in [1.807, 2.05) is 37.3 Å². The van der Waals surface area contributed by atoms with E-state index in [9.17, 15) is 20.0 Å². The summed E-state index contributed by atoms with van der Waals surface area (Å²) < 4.78 is 16.9. The topological polar surface area (TPSA) is 135 Å². The summed E-state index contributed by atoms with van der Waals surface area (Å²) in [5, 5.41) is 27.9. The summed E-state index contributed by atoms with van der Waals surface area (Å²) in [6, 6.07) is 37.0. The summed E-state index contributed by atoms with van der Waals surface area (Å²) in [5.74, 6) is 0.0634. The van der Waals surface area contributed by atoms with Crippen molar-refractivity contribution in [3.63, 3.8) is 0 Å². The number of nitrogens with one attached hydrogen (secondary N) is 2. The van der Waals surface area contributed by atoms with Gasteiger partial charge in [-0.15, -0.1) is 0 Å². The normalized spacial score (nSPS) is 18.8. The van der Waals surface area contributed by atoms with Crippen LogP contribution in [0, 0.1) is 28.4 Å². The number of hydrogen-bond donors (Lipinski definition) is 3. The van der Waals surface area contributed by atoms with Crippen LogP contribution in [0.2, 0.25) is 0 Å². The Kier molecular flexibility index (Phi) is 15.8. The number of benzene rings is 4. The predicted octanol–water partition coefficient (Wildman–Crippen LogP) is 7.06. The average Bonchev–Trinajstić information content (AvgIpc) is 3.80. The third kappa shape index (κ3) is 13.9. The fraction of sp³-hybridized carbons (Fsp3) is 0.432. The number of carbonyl (C=O) groups excluding carboxylic acids is 1. The molecule has 0 unspecified atom stereocenters. The van der Waals surface area contributed by atoms with Gasteiger partial charge in [-0.25, -0.2) is 4.79 Å². The first-order valence-corrected chi connectivity index (χ1v) is 19.2. The maximum Gasteiger partial charge on any atom is 0.407 e. The molecule has 11 heteroatoms. The molecule has 6 rings (SSSR count). The quantitative estimate of drug-likeness (QED) is 0.0766. The van der Waals surface area contributed by atoms with Crippen molar-refractivity contribution in [2.24, 2.45) is 11.3 Å². The number of amides is 1. The van der Waals surface area contributed by atoms with E-state index in [-0.39, 0.29) is 29.4 Å². The van der Waals surface area contributed by atoms with Crippen molar-refractivity contribution in [2.45, 2.75) is 77.7 Å². The molecule has 5 atom stereocenters. The molecule has 2 aliphatic rings. The van der Waals surface area contributed by atoms with E-state index in [0.29, 0.717) is 26.2 Å². The van der Waals surface area contributed by atoms with Crippen LogP contribution in [0.15, 0.2) is 115 Å². The Morgan fingerprint density at radius 1 is 0.909 bits per heavy atom. The Morgan fingerprint density at radius 2 is 1.49 bits per heavy atom. The van der Waals surface area contributed by atoms with Gasteiger partial charge in [-0.05, 0) is 54.8 Å². The minimum Gasteiger partial charge on any atom is -0.443 e. The number of non-ortho nitro benzene ring substituents is 1. The highest BCUT2D eigenvalue weighted by Crippen LogP contribution is 2.33. The molecule has 3 N–H and O–H groups in total. The standard InChI is InChI=1S/C37H49N3O5.C7H7NO2/c1-37(2,19-20-40(24-29-14-8-4-9-15-29)25-30-16-10-5-11-17-30)27-38-23-33(41)32(22-28-12-6-3-7-13-28)39-36(42)45-34-26-44-35-31(34)18-21-43-35;1-6-2-4-7(5-3-6)8(9)10/h3-17,31-35,38,41H,18-27H2,1-2H3,(H,39,42);2-5H,1H3/t31-,32-,33+,34-,35+;/m0./s1. The van der Waals surface area contributed by atoms with Crippen molar-refractivity contribution in [3.05, 3.63) is 148 Å². The van der Waals surface area contributed by atoms with E-state index in [4.69, 9.17) is 14.2 Å². The number of nitro groups is 1. The summed E-state index contributed by atoms with van der Waals surface area (Å²) in [5.41, 5.74) is 4.82. The van der Waals surface area contributed by atoms with Crippen LogP contribution in [-0.4, -0.2) is 78.4 Å². The molecule has 4 aromatic carbocycles. The molecule has 2 aliphatic heterocycles. The van der Waals surface area contributed by atoms with E-state index < -0.39 is 23.2 Å². The monoisotopic (exact) mass is 752 g/mol. The van der Waals surface area contributed by atoms with E-state index in [1.54, 1.807) is 12.1 Å². The van der Waals surface area contributed by atoms with Crippen LogP contribution >= 0.6 is 0 Å². The van der Waals surface area contributed by atoms with Crippen molar-refractivity contribution >= 4 is 11.8 Å². The Balaban J connectivity index is 0.000000504. The van der Waals surface area contributed by atoms with Gasteiger partial charge in [0.05, 0.1) is 36.2 Å². The lowest BCUT2D eigenvalue weighted by Gasteiger charge is -2.31. The van der Waals surface area contributed by atoms with Gasteiger partial charge < -0.3 is 30.0 Å². The lowest BCUT2D eigenvalue weighted by molar-refractivity contribution is -0.384. The minimum absolute atomic E-state index is 0.00496. The van der Waals surface area contributed by atoms with Gasteiger partial charge >= 0.3 is 6.09 Å². The van der Waals surface area contributed by atoms with E-state index in [1.165, 1.54) is 23.3 Å². The molecule has 0 bridgehead atoms. The fourth-order valence-corrected chi connectivity index (χ4v) is 6.84. The van der Waals surface area contributed by atoms with E-state index >= 15 is 0 Å². The first-order chi connectivity index (χ1) is 26.5. The molecule has 4 aromatic rings. The van der Waals surface area contributed by atoms with Crippen LogP contribution in [0.4, 0.5) is 10.5 Å². The second kappa shape index (κ2) is 20.9. The number of hydrogen-bond acceptors (Lipinski definition) is 9. The maximum atomic E-state index is 13.0. The Labute approximate surface area is 325 Å². The second-order valence-corrected chi connectivity index (χ2v) is 15.3. The molecule has 294 valence electrons. The Morgan fingerprint density at radius 3 is 2.07 bits per heavy atom. The Bertz CT molecular complexity index is 1690. The number of carbonyl (C=O) groups is 1. The molecule has 2 fully saturated rings. The molecule has 2 heterocycles. The number of nitro benzene ring substituents is 1. The number of ether oxygens (including phenoxy) is 3. The van der Waals surface area contributed by atoms with Crippen LogP contribution in [0.3, 0.4) is 0 Å². The van der Waals surface area contributed by atoms with Crippen LogP contribution in [0.5, 0.6) is 0 Å². The predicted molar refractivity (Wildman–Crippen MR) is 213 cm³/mol. The van der Waals surface area contributed by atoms with Gasteiger partial charge in [0.15, 0.2) is 6.29 Å². The largest absolute Gasteiger partial charge is 0.443 e. The number of alkyl carbamates (subject to hydrolysis) is 1. The zero-order valence-electron chi connectivity index (χ0n) is 32.2. The molecule has 0 aliphatic carbocycles. The molecule has 2 saturated heterocycles. The van der Waals surface area contributed by atoms with Gasteiger partial charge in [0.2, 0.25) is 0 Å². The van der Waals surface area contributed by atoms with Gasteiger partial charge in [0, 0.05) is 38.3 Å². The van der Waals surface area contributed by atoms with Crippen LogP contribution in [0.25, 0.3) is 0 Å². The highest BCUT2D eigenvalue weighted by Gasteiger charge is 2.44. The summed E-state index contributed by atoms with van der Waals surface area (Å²) in [4.78, 5) is 25.2. The average molecular weight is 753 g/mol. The number of aliphatic hydroxyl groups excluding tert-OH is 1. The second-order valence-electron chi connectivity index (χ2n) is 15.3. The molecular weight excluding hydrogens is 697 g/mol. The van der Waals surface area contributed by atoms with Crippen molar-refractivity contribution in [2.75, 3.05) is 32.8 Å². The zero-order chi connectivity index (χ0) is 39.0. The number of aryl methyl sites for hydroxylation is 1. The van der Waals surface area contributed by atoms with E-state index in [2.05, 4.69) is 90.0 Å². The number of aliphatic hydroxyl groups is 1. The van der Waals surface area contributed by atoms with Crippen molar-refractivity contribution in [1.29, 1.82) is 0 Å². The SMILES string of the molecule is CC(C)(CCN(Cc1ccccc1)Cc1ccccc1)CNC[C@@H](O)[C@H](Cc1ccccc1)NC(=O)O[C@H]1CO[C@H]2OCC[C@H]21.Cc1ccc([N+](=O)[O-])cc1. The molecule has 0 radical (unpaired) electrons. The smallest absolute Gasteiger partial charge is 0.407 e. The molecular formula is C44H56N4O7. The van der Waals surface area contributed by atoms with E-state index in [0.717, 1.165) is 50.1 Å². The number of nitrogens with zero attached hydrogens (tertiary/aromatic N) is 2. The minimum atomic E-state index is -0.802. The molecule has 0 spiro atoms. The molecule has 55 heavy (non-hydrogen) atoms. The van der Waals surface area contributed by atoms with Gasteiger partial charge in [-0.2, -0.15) is 0 Å². The molecule has 1 amide bonds. The van der Waals surface area contributed by atoms with Crippen molar-refractivity contribution in [1.82, 2.24) is 15.5 Å². The number of fused-ring (bicyclic) bond motifs is 1. The van der Waals surface area contributed by atoms with Crippen LogP contribution < -0.4 is 10.6 Å². The van der Waals surface area contributed by atoms with Gasteiger partial charge in [-0.1, -0.05) is 123 Å².